The second-order valence-corrected chi connectivity index (χ2v) is 5.36. The first-order chi connectivity index (χ1) is 8.31. The third kappa shape index (κ3) is 3.65. The van der Waals surface area contributed by atoms with Crippen molar-refractivity contribution in [2.45, 2.75) is 50.7 Å². The first kappa shape index (κ1) is 13.3. The molecule has 100 valence electrons. The van der Waals surface area contributed by atoms with E-state index in [1.807, 2.05) is 0 Å². The van der Waals surface area contributed by atoms with Crippen LogP contribution in [0.2, 0.25) is 0 Å². The lowest BCUT2D eigenvalue weighted by Crippen LogP contribution is -2.51. The van der Waals surface area contributed by atoms with E-state index in [4.69, 9.17) is 4.74 Å². The van der Waals surface area contributed by atoms with Crippen LogP contribution in [0, 0.1) is 0 Å². The average molecular weight is 242 g/mol. The SMILES string of the molecule is CC(CC1COCCN1)N(CCO)C1CCC1. The molecule has 0 aromatic heterocycles. The van der Waals surface area contributed by atoms with Crippen LogP contribution in [-0.4, -0.2) is 61.0 Å². The summed E-state index contributed by atoms with van der Waals surface area (Å²) < 4.78 is 5.49. The molecule has 1 heterocycles. The molecular formula is C13H26N2O2. The van der Waals surface area contributed by atoms with Crippen molar-refractivity contribution in [1.29, 1.82) is 0 Å². The lowest BCUT2D eigenvalue weighted by molar-refractivity contribution is 0.0339. The van der Waals surface area contributed by atoms with Gasteiger partial charge in [-0.25, -0.2) is 0 Å². The second-order valence-electron chi connectivity index (χ2n) is 5.36. The molecule has 0 amide bonds. The highest BCUT2D eigenvalue weighted by atomic mass is 16.5. The number of hydrogen-bond acceptors (Lipinski definition) is 4. The summed E-state index contributed by atoms with van der Waals surface area (Å²) in [6, 6.07) is 1.73. The molecule has 1 saturated heterocycles. The molecule has 2 aliphatic rings. The summed E-state index contributed by atoms with van der Waals surface area (Å²) in [7, 11) is 0. The van der Waals surface area contributed by atoms with Gasteiger partial charge in [-0.3, -0.25) is 4.90 Å². The quantitative estimate of drug-likeness (QED) is 0.716. The predicted molar refractivity (Wildman–Crippen MR) is 68.1 cm³/mol. The molecule has 4 nitrogen and oxygen atoms in total. The van der Waals surface area contributed by atoms with Crippen LogP contribution < -0.4 is 5.32 Å². The van der Waals surface area contributed by atoms with Gasteiger partial charge >= 0.3 is 0 Å². The van der Waals surface area contributed by atoms with Gasteiger partial charge in [0.15, 0.2) is 0 Å². The highest BCUT2D eigenvalue weighted by Crippen LogP contribution is 2.27. The van der Waals surface area contributed by atoms with E-state index in [1.54, 1.807) is 0 Å². The fourth-order valence-electron chi connectivity index (χ4n) is 2.91. The maximum absolute atomic E-state index is 9.18. The van der Waals surface area contributed by atoms with Gasteiger partial charge in [-0.15, -0.1) is 0 Å². The van der Waals surface area contributed by atoms with Crippen LogP contribution in [0.5, 0.6) is 0 Å². The fourth-order valence-corrected chi connectivity index (χ4v) is 2.91. The van der Waals surface area contributed by atoms with Crippen molar-refractivity contribution in [3.63, 3.8) is 0 Å². The molecule has 0 aromatic rings. The molecule has 1 aliphatic carbocycles. The molecule has 1 saturated carbocycles. The van der Waals surface area contributed by atoms with Gasteiger partial charge in [-0.1, -0.05) is 6.42 Å². The molecule has 2 unspecified atom stereocenters. The summed E-state index contributed by atoms with van der Waals surface area (Å²) in [6.45, 7) is 6.02. The van der Waals surface area contributed by atoms with Gasteiger partial charge in [0.05, 0.1) is 19.8 Å². The van der Waals surface area contributed by atoms with Crippen LogP contribution in [0.15, 0.2) is 0 Å². The van der Waals surface area contributed by atoms with Gasteiger partial charge in [-0.2, -0.15) is 0 Å². The van der Waals surface area contributed by atoms with Crippen molar-refractivity contribution < 1.29 is 9.84 Å². The summed E-state index contributed by atoms with van der Waals surface area (Å²) in [5.41, 5.74) is 0. The van der Waals surface area contributed by atoms with Crippen LogP contribution in [0.25, 0.3) is 0 Å². The standard InChI is InChI=1S/C13H26N2O2/c1-11(9-12-10-17-8-5-14-12)15(6-7-16)13-3-2-4-13/h11-14,16H,2-10H2,1H3. The molecule has 2 atom stereocenters. The van der Waals surface area contributed by atoms with Gasteiger partial charge in [0.25, 0.3) is 0 Å². The van der Waals surface area contributed by atoms with Crippen LogP contribution in [-0.2, 0) is 4.74 Å². The molecule has 0 aromatic carbocycles. The maximum Gasteiger partial charge on any atom is 0.0620 e. The van der Waals surface area contributed by atoms with Crippen molar-refractivity contribution in [3.05, 3.63) is 0 Å². The van der Waals surface area contributed by atoms with Crippen LogP contribution >= 0.6 is 0 Å². The van der Waals surface area contributed by atoms with E-state index >= 15 is 0 Å². The first-order valence-electron chi connectivity index (χ1n) is 6.99. The highest BCUT2D eigenvalue weighted by molar-refractivity contribution is 4.85. The van der Waals surface area contributed by atoms with E-state index in [0.29, 0.717) is 18.1 Å². The lowest BCUT2D eigenvalue weighted by atomic mass is 9.89. The Bertz CT molecular complexity index is 215. The zero-order valence-corrected chi connectivity index (χ0v) is 10.9. The fraction of sp³-hybridized carbons (Fsp3) is 1.00. The number of nitrogens with zero attached hydrogens (tertiary/aromatic N) is 1. The van der Waals surface area contributed by atoms with Gasteiger partial charge in [0.2, 0.25) is 0 Å². The van der Waals surface area contributed by atoms with E-state index in [-0.39, 0.29) is 6.61 Å². The third-order valence-corrected chi connectivity index (χ3v) is 4.09. The monoisotopic (exact) mass is 242 g/mol. The maximum atomic E-state index is 9.18. The predicted octanol–water partition coefficient (Wildman–Crippen LogP) is 0.600. The summed E-state index contributed by atoms with van der Waals surface area (Å²) >= 11 is 0. The molecule has 2 fully saturated rings. The van der Waals surface area contributed by atoms with Crippen molar-refractivity contribution in [1.82, 2.24) is 10.2 Å². The zero-order chi connectivity index (χ0) is 12.1. The summed E-state index contributed by atoms with van der Waals surface area (Å²) in [5.74, 6) is 0. The zero-order valence-electron chi connectivity index (χ0n) is 10.9. The summed E-state index contributed by atoms with van der Waals surface area (Å²) in [5, 5.41) is 12.7. The number of hydrogen-bond donors (Lipinski definition) is 2. The molecular weight excluding hydrogens is 216 g/mol. The van der Waals surface area contributed by atoms with Crippen LogP contribution in [0.1, 0.15) is 32.6 Å². The van der Waals surface area contributed by atoms with Gasteiger partial charge in [0, 0.05) is 31.2 Å². The second kappa shape index (κ2) is 6.69. The number of ether oxygens (including phenoxy) is 1. The summed E-state index contributed by atoms with van der Waals surface area (Å²) in [4.78, 5) is 2.49. The molecule has 17 heavy (non-hydrogen) atoms. The Labute approximate surface area is 104 Å². The molecule has 2 rings (SSSR count). The molecule has 4 heteroatoms. The van der Waals surface area contributed by atoms with Crippen molar-refractivity contribution in [3.8, 4) is 0 Å². The van der Waals surface area contributed by atoms with E-state index < -0.39 is 0 Å². The minimum Gasteiger partial charge on any atom is -0.395 e. The number of aliphatic hydroxyl groups is 1. The Balaban J connectivity index is 1.79. The average Bonchev–Trinajstić information content (AvgIpc) is 2.27. The third-order valence-electron chi connectivity index (χ3n) is 4.09. The number of morpholine rings is 1. The van der Waals surface area contributed by atoms with E-state index in [2.05, 4.69) is 17.1 Å². The van der Waals surface area contributed by atoms with Gasteiger partial charge in [0.1, 0.15) is 0 Å². The molecule has 1 aliphatic heterocycles. The lowest BCUT2D eigenvalue weighted by Gasteiger charge is -2.42. The smallest absolute Gasteiger partial charge is 0.0620 e. The molecule has 2 N–H and O–H groups in total. The van der Waals surface area contributed by atoms with Crippen molar-refractivity contribution >= 4 is 0 Å². The van der Waals surface area contributed by atoms with E-state index in [9.17, 15) is 5.11 Å². The Morgan fingerprint density at radius 2 is 2.29 bits per heavy atom. The first-order valence-corrected chi connectivity index (χ1v) is 6.99. The Hall–Kier alpha value is -0.160. The highest BCUT2D eigenvalue weighted by Gasteiger charge is 2.29. The topological polar surface area (TPSA) is 44.7 Å². The normalized spacial score (nSPS) is 28.1. The molecule has 0 bridgehead atoms. The summed E-state index contributed by atoms with van der Waals surface area (Å²) in [6.07, 6.45) is 5.08. The Kier molecular flexibility index (Phi) is 5.22. The van der Waals surface area contributed by atoms with Crippen molar-refractivity contribution in [2.75, 3.05) is 32.9 Å². The van der Waals surface area contributed by atoms with Gasteiger partial charge in [-0.05, 0) is 26.2 Å². The van der Waals surface area contributed by atoms with Gasteiger partial charge < -0.3 is 15.2 Å². The van der Waals surface area contributed by atoms with Crippen LogP contribution in [0.3, 0.4) is 0 Å². The number of rotatable bonds is 6. The minimum atomic E-state index is 0.273. The van der Waals surface area contributed by atoms with Crippen LogP contribution in [0.4, 0.5) is 0 Å². The molecule has 0 spiro atoms. The number of aliphatic hydroxyl groups excluding tert-OH is 1. The van der Waals surface area contributed by atoms with E-state index in [0.717, 1.165) is 32.7 Å². The number of nitrogens with one attached hydrogen (secondary N) is 1. The Morgan fingerprint density at radius 3 is 2.82 bits per heavy atom. The Morgan fingerprint density at radius 1 is 1.47 bits per heavy atom. The minimum absolute atomic E-state index is 0.273. The van der Waals surface area contributed by atoms with Crippen molar-refractivity contribution in [2.24, 2.45) is 0 Å². The van der Waals surface area contributed by atoms with E-state index in [1.165, 1.54) is 19.3 Å². The molecule has 0 radical (unpaired) electrons. The largest absolute Gasteiger partial charge is 0.395 e.